The molecule has 6 nitrogen and oxygen atoms in total. The monoisotopic (exact) mass is 404 g/mol. The molecule has 1 N–H and O–H groups in total. The van der Waals surface area contributed by atoms with Crippen molar-refractivity contribution in [3.05, 3.63) is 53.6 Å². The Labute approximate surface area is 171 Å². The van der Waals surface area contributed by atoms with Gasteiger partial charge in [0.2, 0.25) is 0 Å². The topological polar surface area (TPSA) is 67.9 Å². The third kappa shape index (κ3) is 4.46. The van der Waals surface area contributed by atoms with Crippen LogP contribution in [-0.4, -0.2) is 56.7 Å². The van der Waals surface area contributed by atoms with E-state index in [0.717, 1.165) is 24.2 Å². The van der Waals surface area contributed by atoms with Gasteiger partial charge in [0.25, 0.3) is 5.91 Å². The van der Waals surface area contributed by atoms with Crippen molar-refractivity contribution < 1.29 is 19.1 Å². The molecule has 1 amide bonds. The van der Waals surface area contributed by atoms with Gasteiger partial charge in [0.1, 0.15) is 11.3 Å². The Morgan fingerprint density at radius 3 is 2.36 bits per heavy atom. The molecule has 0 saturated carbocycles. The quantitative estimate of drug-likeness (QED) is 0.793. The van der Waals surface area contributed by atoms with E-state index in [-0.39, 0.29) is 24.4 Å². The molecule has 1 aliphatic rings. The number of ether oxygens (including phenoxy) is 2. The van der Waals surface area contributed by atoms with E-state index in [1.165, 1.54) is 14.2 Å². The van der Waals surface area contributed by atoms with E-state index in [9.17, 15) is 9.59 Å². The van der Waals surface area contributed by atoms with Crippen LogP contribution in [0.15, 0.2) is 42.5 Å². The van der Waals surface area contributed by atoms with E-state index in [0.29, 0.717) is 23.4 Å². The predicted octanol–water partition coefficient (Wildman–Crippen LogP) is 3.00. The second kappa shape index (κ2) is 9.57. The van der Waals surface area contributed by atoms with Gasteiger partial charge in [-0.1, -0.05) is 18.2 Å². The molecule has 1 heterocycles. The number of rotatable bonds is 4. The summed E-state index contributed by atoms with van der Waals surface area (Å²) >= 11 is 0. The Morgan fingerprint density at radius 1 is 1.07 bits per heavy atom. The van der Waals surface area contributed by atoms with Gasteiger partial charge in [-0.25, -0.2) is 4.79 Å². The van der Waals surface area contributed by atoms with Crippen LogP contribution in [0, 0.1) is 0 Å². The highest BCUT2D eigenvalue weighted by Crippen LogP contribution is 2.28. The lowest BCUT2D eigenvalue weighted by Gasteiger charge is -2.34. The van der Waals surface area contributed by atoms with Crippen molar-refractivity contribution in [3.8, 4) is 16.9 Å². The second-order valence-corrected chi connectivity index (χ2v) is 6.54. The smallest absolute Gasteiger partial charge is 0.341 e. The van der Waals surface area contributed by atoms with Gasteiger partial charge in [-0.15, -0.1) is 12.4 Å². The lowest BCUT2D eigenvalue weighted by molar-refractivity contribution is 0.0596. The molecule has 0 spiro atoms. The van der Waals surface area contributed by atoms with Crippen LogP contribution < -0.4 is 10.1 Å². The average Bonchev–Trinajstić information content (AvgIpc) is 2.72. The molecule has 3 rings (SSSR count). The maximum Gasteiger partial charge on any atom is 0.341 e. The first kappa shape index (κ1) is 21.7. The SMILES string of the molecule is COC(=O)c1ccc(-c2ccc(C(=O)N3CCNCC3C)cc2)cc1OC.Cl. The summed E-state index contributed by atoms with van der Waals surface area (Å²) in [6.07, 6.45) is 0. The first-order valence-electron chi connectivity index (χ1n) is 8.93. The lowest BCUT2D eigenvalue weighted by Crippen LogP contribution is -2.52. The van der Waals surface area contributed by atoms with E-state index in [1.54, 1.807) is 12.1 Å². The van der Waals surface area contributed by atoms with Crippen LogP contribution in [0.3, 0.4) is 0 Å². The molecule has 0 radical (unpaired) electrons. The Morgan fingerprint density at radius 2 is 1.75 bits per heavy atom. The number of carbonyl (C=O) groups is 2. The Bertz CT molecular complexity index is 839. The summed E-state index contributed by atoms with van der Waals surface area (Å²) in [6, 6.07) is 13.0. The van der Waals surface area contributed by atoms with Crippen LogP contribution in [0.1, 0.15) is 27.6 Å². The number of hydrogen-bond donors (Lipinski definition) is 1. The zero-order valence-electron chi connectivity index (χ0n) is 16.2. The van der Waals surface area contributed by atoms with Crippen LogP contribution in [0.5, 0.6) is 5.75 Å². The zero-order valence-corrected chi connectivity index (χ0v) is 17.0. The maximum absolute atomic E-state index is 12.7. The third-order valence-corrected chi connectivity index (χ3v) is 4.83. The summed E-state index contributed by atoms with van der Waals surface area (Å²) in [5.41, 5.74) is 2.89. The van der Waals surface area contributed by atoms with E-state index in [1.807, 2.05) is 42.2 Å². The molecule has 1 atom stereocenters. The van der Waals surface area contributed by atoms with Crippen LogP contribution in [0.2, 0.25) is 0 Å². The summed E-state index contributed by atoms with van der Waals surface area (Å²) < 4.78 is 10.1. The standard InChI is InChI=1S/C21H24N2O4.ClH/c1-14-13-22-10-11-23(14)20(24)16-6-4-15(5-7-16)17-8-9-18(21(25)27-3)19(12-17)26-2;/h4-9,12,14,22H,10-11,13H2,1-3H3;1H. The second-order valence-electron chi connectivity index (χ2n) is 6.54. The predicted molar refractivity (Wildman–Crippen MR) is 110 cm³/mol. The molecular formula is C21H25ClN2O4. The zero-order chi connectivity index (χ0) is 19.4. The lowest BCUT2D eigenvalue weighted by atomic mass is 10.0. The average molecular weight is 405 g/mol. The van der Waals surface area contributed by atoms with Gasteiger partial charge in [0, 0.05) is 31.2 Å². The number of nitrogens with one attached hydrogen (secondary N) is 1. The van der Waals surface area contributed by atoms with Gasteiger partial charge in [0.15, 0.2) is 0 Å². The van der Waals surface area contributed by atoms with E-state index in [2.05, 4.69) is 5.32 Å². The largest absolute Gasteiger partial charge is 0.496 e. The number of amides is 1. The summed E-state index contributed by atoms with van der Waals surface area (Å²) in [5, 5.41) is 3.29. The van der Waals surface area contributed by atoms with Crippen LogP contribution in [-0.2, 0) is 4.74 Å². The Kier molecular flexibility index (Phi) is 7.43. The number of methoxy groups -OCH3 is 2. The highest BCUT2D eigenvalue weighted by molar-refractivity contribution is 5.95. The number of nitrogens with zero attached hydrogens (tertiary/aromatic N) is 1. The maximum atomic E-state index is 12.7. The van der Waals surface area contributed by atoms with Crippen molar-refractivity contribution in [2.75, 3.05) is 33.9 Å². The number of hydrogen-bond acceptors (Lipinski definition) is 5. The van der Waals surface area contributed by atoms with Crippen LogP contribution >= 0.6 is 12.4 Å². The molecule has 28 heavy (non-hydrogen) atoms. The van der Waals surface area contributed by atoms with Gasteiger partial charge < -0.3 is 19.7 Å². The molecule has 1 unspecified atom stereocenters. The minimum atomic E-state index is -0.440. The minimum Gasteiger partial charge on any atom is -0.496 e. The molecule has 2 aromatic rings. The third-order valence-electron chi connectivity index (χ3n) is 4.83. The van der Waals surface area contributed by atoms with Crippen molar-refractivity contribution in [3.63, 3.8) is 0 Å². The molecule has 0 aromatic heterocycles. The normalized spacial score (nSPS) is 16.1. The number of piperazine rings is 1. The van der Waals surface area contributed by atoms with Crippen molar-refractivity contribution in [2.45, 2.75) is 13.0 Å². The summed E-state index contributed by atoms with van der Waals surface area (Å²) in [4.78, 5) is 26.4. The molecule has 0 aliphatic carbocycles. The summed E-state index contributed by atoms with van der Waals surface area (Å²) in [6.45, 7) is 4.40. The van der Waals surface area contributed by atoms with Gasteiger partial charge in [-0.2, -0.15) is 0 Å². The first-order chi connectivity index (χ1) is 13.0. The molecular weight excluding hydrogens is 380 g/mol. The first-order valence-corrected chi connectivity index (χ1v) is 8.93. The fraction of sp³-hybridized carbons (Fsp3) is 0.333. The fourth-order valence-electron chi connectivity index (χ4n) is 3.26. The van der Waals surface area contributed by atoms with E-state index >= 15 is 0 Å². The van der Waals surface area contributed by atoms with Gasteiger partial charge in [-0.3, -0.25) is 4.79 Å². The van der Waals surface area contributed by atoms with Crippen molar-refractivity contribution >= 4 is 24.3 Å². The van der Waals surface area contributed by atoms with E-state index < -0.39 is 5.97 Å². The van der Waals surface area contributed by atoms with Crippen molar-refractivity contribution in [1.29, 1.82) is 0 Å². The number of carbonyl (C=O) groups excluding carboxylic acids is 2. The Balaban J connectivity index is 0.00000280. The van der Waals surface area contributed by atoms with Crippen molar-refractivity contribution in [1.82, 2.24) is 10.2 Å². The molecule has 1 saturated heterocycles. The summed E-state index contributed by atoms with van der Waals surface area (Å²) in [5.74, 6) is 0.0628. The highest BCUT2D eigenvalue weighted by Gasteiger charge is 2.24. The van der Waals surface area contributed by atoms with Gasteiger partial charge in [-0.05, 0) is 42.3 Å². The van der Waals surface area contributed by atoms with Gasteiger partial charge >= 0.3 is 5.97 Å². The van der Waals surface area contributed by atoms with Crippen LogP contribution in [0.4, 0.5) is 0 Å². The fourth-order valence-corrected chi connectivity index (χ4v) is 3.26. The minimum absolute atomic E-state index is 0. The molecule has 1 aliphatic heterocycles. The highest BCUT2D eigenvalue weighted by atomic mass is 35.5. The van der Waals surface area contributed by atoms with Crippen molar-refractivity contribution in [2.24, 2.45) is 0 Å². The van der Waals surface area contributed by atoms with E-state index in [4.69, 9.17) is 9.47 Å². The molecule has 7 heteroatoms. The summed E-state index contributed by atoms with van der Waals surface area (Å²) in [7, 11) is 2.85. The number of esters is 1. The number of halogens is 1. The van der Waals surface area contributed by atoms with Gasteiger partial charge in [0.05, 0.1) is 14.2 Å². The number of benzene rings is 2. The molecule has 2 aromatic carbocycles. The molecule has 1 fully saturated rings. The molecule has 150 valence electrons. The molecule has 0 bridgehead atoms. The Hall–Kier alpha value is -2.57. The van der Waals surface area contributed by atoms with Crippen LogP contribution in [0.25, 0.3) is 11.1 Å².